The van der Waals surface area contributed by atoms with Crippen LogP contribution in [0.15, 0.2) is 42.5 Å². The number of nitrogens with zero attached hydrogens (tertiary/aromatic N) is 2. The van der Waals surface area contributed by atoms with Crippen LogP contribution in [0, 0.1) is 20.8 Å². The van der Waals surface area contributed by atoms with Crippen LogP contribution in [-0.2, 0) is 17.8 Å². The Morgan fingerprint density at radius 2 is 1.93 bits per heavy atom. The molecule has 1 N–H and O–H groups in total. The summed E-state index contributed by atoms with van der Waals surface area (Å²) in [5.41, 5.74) is 7.31. The molecule has 140 valence electrons. The molecule has 0 aliphatic heterocycles. The zero-order valence-electron chi connectivity index (χ0n) is 16.1. The van der Waals surface area contributed by atoms with Gasteiger partial charge in [0.15, 0.2) is 0 Å². The first-order chi connectivity index (χ1) is 12.9. The van der Waals surface area contributed by atoms with Gasteiger partial charge in [-0.3, -0.25) is 9.48 Å². The van der Waals surface area contributed by atoms with Crippen LogP contribution in [0.1, 0.15) is 28.1 Å². The quantitative estimate of drug-likeness (QED) is 0.713. The van der Waals surface area contributed by atoms with Gasteiger partial charge in [0.2, 0.25) is 0 Å². The molecule has 0 saturated carbocycles. The lowest BCUT2D eigenvalue weighted by Gasteiger charge is -2.12. The van der Waals surface area contributed by atoms with Gasteiger partial charge >= 0.3 is 5.97 Å². The first kappa shape index (κ1) is 18.7. The van der Waals surface area contributed by atoms with Crippen molar-refractivity contribution in [3.8, 4) is 16.9 Å². The van der Waals surface area contributed by atoms with Gasteiger partial charge in [0.25, 0.3) is 0 Å². The molecule has 0 fully saturated rings. The normalized spacial score (nSPS) is 10.8. The molecule has 0 amide bonds. The highest BCUT2D eigenvalue weighted by molar-refractivity contribution is 5.72. The number of aryl methyl sites for hydroxylation is 2. The van der Waals surface area contributed by atoms with Crippen molar-refractivity contribution in [1.29, 1.82) is 0 Å². The molecule has 27 heavy (non-hydrogen) atoms. The molecule has 5 nitrogen and oxygen atoms in total. The van der Waals surface area contributed by atoms with E-state index in [0.717, 1.165) is 39.4 Å². The fraction of sp³-hybridized carbons (Fsp3) is 0.273. The number of aromatic nitrogens is 2. The molecular formula is C22H24N2O3. The summed E-state index contributed by atoms with van der Waals surface area (Å²) in [6.07, 6.45) is 0.695. The van der Waals surface area contributed by atoms with Crippen molar-refractivity contribution in [2.45, 2.75) is 33.7 Å². The highest BCUT2D eigenvalue weighted by Crippen LogP contribution is 2.32. The van der Waals surface area contributed by atoms with Crippen LogP contribution in [0.25, 0.3) is 11.1 Å². The summed E-state index contributed by atoms with van der Waals surface area (Å²) in [7, 11) is 1.68. The van der Waals surface area contributed by atoms with E-state index in [2.05, 4.69) is 36.3 Å². The standard InChI is InChI=1S/C22H24N2O3/c1-14-6-5-7-18(10-14)20-12-17(8-9-21(20)27-4)11-19-15(2)23-24(16(19)3)13-22(25)26/h5-10,12H,11,13H2,1-4H3,(H,25,26). The molecule has 3 rings (SSSR count). The van der Waals surface area contributed by atoms with Crippen molar-refractivity contribution in [3.05, 3.63) is 70.5 Å². The molecule has 5 heteroatoms. The largest absolute Gasteiger partial charge is 0.496 e. The molecule has 0 spiro atoms. The topological polar surface area (TPSA) is 64.4 Å². The van der Waals surface area contributed by atoms with Crippen molar-refractivity contribution in [2.24, 2.45) is 0 Å². The third-order valence-corrected chi connectivity index (χ3v) is 4.79. The smallest absolute Gasteiger partial charge is 0.325 e. The average molecular weight is 364 g/mol. The number of rotatable bonds is 6. The molecule has 0 unspecified atom stereocenters. The van der Waals surface area contributed by atoms with Crippen molar-refractivity contribution in [2.75, 3.05) is 7.11 Å². The van der Waals surface area contributed by atoms with Gasteiger partial charge in [-0.2, -0.15) is 5.10 Å². The number of hydrogen-bond acceptors (Lipinski definition) is 3. The fourth-order valence-corrected chi connectivity index (χ4v) is 3.38. The summed E-state index contributed by atoms with van der Waals surface area (Å²) in [5.74, 6) is -0.0577. The minimum atomic E-state index is -0.890. The molecule has 0 atom stereocenters. The molecule has 0 bridgehead atoms. The van der Waals surface area contributed by atoms with Gasteiger partial charge in [-0.05, 0) is 44.0 Å². The zero-order valence-corrected chi connectivity index (χ0v) is 16.1. The van der Waals surface area contributed by atoms with Crippen LogP contribution in [-0.4, -0.2) is 28.0 Å². The Hall–Kier alpha value is -3.08. The SMILES string of the molecule is COc1ccc(Cc2c(C)nn(CC(=O)O)c2C)cc1-c1cccc(C)c1. The van der Waals surface area contributed by atoms with E-state index in [9.17, 15) is 4.79 Å². The second-order valence-corrected chi connectivity index (χ2v) is 6.78. The summed E-state index contributed by atoms with van der Waals surface area (Å²) >= 11 is 0. The number of carboxylic acid groups (broad SMARTS) is 1. The molecule has 1 aromatic heterocycles. The first-order valence-electron chi connectivity index (χ1n) is 8.87. The van der Waals surface area contributed by atoms with E-state index < -0.39 is 5.97 Å². The van der Waals surface area contributed by atoms with Crippen LogP contribution in [0.4, 0.5) is 0 Å². The predicted molar refractivity (Wildman–Crippen MR) is 105 cm³/mol. The summed E-state index contributed by atoms with van der Waals surface area (Å²) in [6, 6.07) is 14.5. The van der Waals surface area contributed by atoms with E-state index in [1.54, 1.807) is 11.8 Å². The molecule has 2 aromatic carbocycles. The predicted octanol–water partition coefficient (Wildman–Crippen LogP) is 4.16. The summed E-state index contributed by atoms with van der Waals surface area (Å²) in [6.45, 7) is 5.79. The highest BCUT2D eigenvalue weighted by atomic mass is 16.5. The van der Waals surface area contributed by atoms with E-state index in [-0.39, 0.29) is 6.54 Å². The second kappa shape index (κ2) is 7.66. The van der Waals surface area contributed by atoms with Gasteiger partial charge in [0, 0.05) is 23.2 Å². The van der Waals surface area contributed by atoms with Crippen molar-refractivity contribution in [1.82, 2.24) is 9.78 Å². The average Bonchev–Trinajstić information content (AvgIpc) is 2.88. The van der Waals surface area contributed by atoms with Gasteiger partial charge in [0.05, 0.1) is 12.8 Å². The van der Waals surface area contributed by atoms with E-state index in [0.29, 0.717) is 6.42 Å². The number of carbonyl (C=O) groups is 1. The van der Waals surface area contributed by atoms with Crippen LogP contribution in [0.5, 0.6) is 5.75 Å². The minimum Gasteiger partial charge on any atom is -0.496 e. The number of aliphatic carboxylic acids is 1. The first-order valence-corrected chi connectivity index (χ1v) is 8.87. The molecule has 0 aliphatic rings. The lowest BCUT2D eigenvalue weighted by Crippen LogP contribution is -2.11. The van der Waals surface area contributed by atoms with Crippen LogP contribution >= 0.6 is 0 Å². The maximum Gasteiger partial charge on any atom is 0.325 e. The Kier molecular flexibility index (Phi) is 5.31. The van der Waals surface area contributed by atoms with Gasteiger partial charge < -0.3 is 9.84 Å². The molecule has 0 aliphatic carbocycles. The van der Waals surface area contributed by atoms with E-state index in [1.807, 2.05) is 32.0 Å². The Morgan fingerprint density at radius 1 is 1.15 bits per heavy atom. The number of benzene rings is 2. The summed E-state index contributed by atoms with van der Waals surface area (Å²) in [5, 5.41) is 13.4. The van der Waals surface area contributed by atoms with Crippen LogP contribution in [0.2, 0.25) is 0 Å². The third-order valence-electron chi connectivity index (χ3n) is 4.79. The van der Waals surface area contributed by atoms with E-state index >= 15 is 0 Å². The van der Waals surface area contributed by atoms with Gasteiger partial charge in [0.1, 0.15) is 12.3 Å². The Morgan fingerprint density at radius 3 is 2.59 bits per heavy atom. The maximum absolute atomic E-state index is 11.0. The lowest BCUT2D eigenvalue weighted by molar-refractivity contribution is -0.137. The molecule has 3 aromatic rings. The van der Waals surface area contributed by atoms with Crippen LogP contribution in [0.3, 0.4) is 0 Å². The number of carboxylic acids is 1. The third kappa shape index (κ3) is 4.03. The van der Waals surface area contributed by atoms with Gasteiger partial charge in [-0.1, -0.05) is 35.9 Å². The fourth-order valence-electron chi connectivity index (χ4n) is 3.38. The minimum absolute atomic E-state index is 0.121. The van der Waals surface area contributed by atoms with Crippen LogP contribution < -0.4 is 4.74 Å². The molecular weight excluding hydrogens is 340 g/mol. The van der Waals surface area contributed by atoms with E-state index in [1.165, 1.54) is 5.56 Å². The second-order valence-electron chi connectivity index (χ2n) is 6.78. The number of ether oxygens (including phenoxy) is 1. The molecule has 0 saturated heterocycles. The van der Waals surface area contributed by atoms with Crippen molar-refractivity contribution in [3.63, 3.8) is 0 Å². The maximum atomic E-state index is 11.0. The monoisotopic (exact) mass is 364 g/mol. The Balaban J connectivity index is 1.98. The van der Waals surface area contributed by atoms with E-state index in [4.69, 9.17) is 9.84 Å². The zero-order chi connectivity index (χ0) is 19.6. The molecule has 1 heterocycles. The highest BCUT2D eigenvalue weighted by Gasteiger charge is 2.15. The Bertz CT molecular complexity index is 989. The number of methoxy groups -OCH3 is 1. The number of hydrogen-bond donors (Lipinski definition) is 1. The van der Waals surface area contributed by atoms with Gasteiger partial charge in [-0.25, -0.2) is 0 Å². The summed E-state index contributed by atoms with van der Waals surface area (Å²) in [4.78, 5) is 11.0. The van der Waals surface area contributed by atoms with Crippen molar-refractivity contribution < 1.29 is 14.6 Å². The van der Waals surface area contributed by atoms with Crippen molar-refractivity contribution >= 4 is 5.97 Å². The lowest BCUT2D eigenvalue weighted by atomic mass is 9.97. The summed E-state index contributed by atoms with van der Waals surface area (Å²) < 4.78 is 7.11. The van der Waals surface area contributed by atoms with Gasteiger partial charge in [-0.15, -0.1) is 0 Å². The Labute approximate surface area is 159 Å². The molecule has 0 radical (unpaired) electrons.